The number of unbranched alkanes of at least 4 members (excludes halogenated alkanes) is 34. The summed E-state index contributed by atoms with van der Waals surface area (Å²) < 4.78 is 17.3. The summed E-state index contributed by atoms with van der Waals surface area (Å²) in [6.45, 7) is 7.81. The maximum absolute atomic E-state index is 12.6. The van der Waals surface area contributed by atoms with Crippen LogP contribution in [0.1, 0.15) is 278 Å². The van der Waals surface area contributed by atoms with Crippen molar-refractivity contribution in [3.63, 3.8) is 0 Å². The first kappa shape index (κ1) is 54.6. The topological polar surface area (TPSA) is 61.8 Å². The fraction of sp³-hybridized carbons (Fsp3) is 0.922. The molecule has 1 unspecified atom stereocenters. The molecule has 0 saturated carbocycles. The molecule has 0 saturated heterocycles. The number of allylic oxidation sites excluding steroid dienone is 2. The lowest BCUT2D eigenvalue weighted by molar-refractivity contribution is -0.163. The lowest BCUT2D eigenvalue weighted by Crippen LogP contribution is -2.30. The Morgan fingerprint density at radius 2 is 0.696 bits per heavy atom. The van der Waals surface area contributed by atoms with Crippen molar-refractivity contribution < 1.29 is 23.8 Å². The molecule has 0 fully saturated rings. The summed E-state index contributed by atoms with van der Waals surface area (Å²) in [6.07, 6.45) is 53.9. The van der Waals surface area contributed by atoms with Crippen LogP contribution in [0.4, 0.5) is 0 Å². The molecule has 0 N–H and O–H groups in total. The summed E-state index contributed by atoms with van der Waals surface area (Å²) in [5.41, 5.74) is 0. The second-order valence-electron chi connectivity index (χ2n) is 17.1. The molecule has 0 aliphatic rings. The Morgan fingerprint density at radius 1 is 0.375 bits per heavy atom. The first-order chi connectivity index (χ1) is 27.6. The molecule has 0 radical (unpaired) electrons. The van der Waals surface area contributed by atoms with Crippen molar-refractivity contribution in [3.8, 4) is 0 Å². The largest absolute Gasteiger partial charge is 0.462 e. The fourth-order valence-corrected chi connectivity index (χ4v) is 7.51. The molecule has 0 bridgehead atoms. The Bertz CT molecular complexity index is 810. The zero-order valence-electron chi connectivity index (χ0n) is 38.2. The monoisotopic (exact) mass is 791 g/mol. The molecule has 0 heterocycles. The van der Waals surface area contributed by atoms with Gasteiger partial charge in [0.1, 0.15) is 6.61 Å². The first-order valence-electron chi connectivity index (χ1n) is 25.2. The van der Waals surface area contributed by atoms with Gasteiger partial charge in [-0.2, -0.15) is 0 Å². The van der Waals surface area contributed by atoms with Crippen molar-refractivity contribution in [1.82, 2.24) is 0 Å². The van der Waals surface area contributed by atoms with Gasteiger partial charge in [0.05, 0.1) is 6.61 Å². The van der Waals surface area contributed by atoms with Gasteiger partial charge in [0.25, 0.3) is 0 Å². The van der Waals surface area contributed by atoms with E-state index >= 15 is 0 Å². The molecule has 56 heavy (non-hydrogen) atoms. The fourth-order valence-electron chi connectivity index (χ4n) is 7.51. The molecule has 0 amide bonds. The number of carbonyl (C=O) groups excluding carboxylic acids is 2. The highest BCUT2D eigenvalue weighted by Crippen LogP contribution is 2.16. The van der Waals surface area contributed by atoms with Crippen molar-refractivity contribution in [1.29, 1.82) is 0 Å². The maximum Gasteiger partial charge on any atom is 0.306 e. The third-order valence-electron chi connectivity index (χ3n) is 11.3. The normalized spacial score (nSPS) is 12.1. The van der Waals surface area contributed by atoms with E-state index in [2.05, 4.69) is 32.9 Å². The summed E-state index contributed by atoms with van der Waals surface area (Å²) in [6, 6.07) is 0. The van der Waals surface area contributed by atoms with Crippen LogP contribution in [0.2, 0.25) is 0 Å². The van der Waals surface area contributed by atoms with E-state index in [4.69, 9.17) is 14.2 Å². The Hall–Kier alpha value is -1.36. The average Bonchev–Trinajstić information content (AvgIpc) is 3.20. The van der Waals surface area contributed by atoms with E-state index in [1.165, 1.54) is 205 Å². The van der Waals surface area contributed by atoms with E-state index in [0.29, 0.717) is 26.1 Å². The van der Waals surface area contributed by atoms with Gasteiger partial charge in [-0.3, -0.25) is 9.59 Å². The zero-order valence-corrected chi connectivity index (χ0v) is 38.2. The molecule has 5 heteroatoms. The van der Waals surface area contributed by atoms with Gasteiger partial charge in [0.15, 0.2) is 6.10 Å². The quantitative estimate of drug-likeness (QED) is 0.0349. The number of rotatable bonds is 47. The average molecular weight is 791 g/mol. The van der Waals surface area contributed by atoms with Gasteiger partial charge in [-0.05, 0) is 44.9 Å². The van der Waals surface area contributed by atoms with Crippen LogP contribution in [0.25, 0.3) is 0 Å². The Kier molecular flexibility index (Phi) is 46.8. The second kappa shape index (κ2) is 48.0. The smallest absolute Gasteiger partial charge is 0.306 e. The molecular formula is C51H98O5. The van der Waals surface area contributed by atoms with E-state index in [1.54, 1.807) is 0 Å². The third-order valence-corrected chi connectivity index (χ3v) is 11.3. The molecule has 0 aliphatic heterocycles. The third kappa shape index (κ3) is 45.3. The summed E-state index contributed by atoms with van der Waals surface area (Å²) in [7, 11) is 0. The molecule has 0 aromatic rings. The number of carbonyl (C=O) groups is 2. The van der Waals surface area contributed by atoms with Gasteiger partial charge >= 0.3 is 11.9 Å². The van der Waals surface area contributed by atoms with Gasteiger partial charge in [0, 0.05) is 19.4 Å². The van der Waals surface area contributed by atoms with Crippen LogP contribution in [-0.4, -0.2) is 37.9 Å². The molecule has 0 rings (SSSR count). The van der Waals surface area contributed by atoms with Gasteiger partial charge in [-0.25, -0.2) is 0 Å². The number of hydrogen-bond acceptors (Lipinski definition) is 5. The number of ether oxygens (including phenoxy) is 3. The van der Waals surface area contributed by atoms with Gasteiger partial charge in [-0.15, -0.1) is 0 Å². The maximum atomic E-state index is 12.6. The summed E-state index contributed by atoms with van der Waals surface area (Å²) in [5.74, 6) is -0.398. The standard InChI is InChI=1S/C51H98O5/c1-4-7-10-13-15-17-19-21-23-25-27-29-31-33-35-37-40-43-46-54-47-49(56-51(53)45-42-38-12-9-6-3)48-55-50(52)44-41-39-36-34-32-30-28-26-24-22-20-18-16-14-11-8-5-2/h22,24,49H,4-21,23,25-48H2,1-3H3/b24-22-. The van der Waals surface area contributed by atoms with Gasteiger partial charge in [-0.1, -0.05) is 232 Å². The van der Waals surface area contributed by atoms with Crippen molar-refractivity contribution in [2.45, 2.75) is 284 Å². The van der Waals surface area contributed by atoms with E-state index in [9.17, 15) is 9.59 Å². The summed E-state index contributed by atoms with van der Waals surface area (Å²) in [5, 5.41) is 0. The van der Waals surface area contributed by atoms with Gasteiger partial charge < -0.3 is 14.2 Å². The van der Waals surface area contributed by atoms with Crippen LogP contribution in [0.3, 0.4) is 0 Å². The highest BCUT2D eigenvalue weighted by atomic mass is 16.6. The van der Waals surface area contributed by atoms with Crippen LogP contribution in [0.15, 0.2) is 12.2 Å². The van der Waals surface area contributed by atoms with E-state index in [0.717, 1.165) is 38.5 Å². The molecule has 0 aliphatic carbocycles. The Morgan fingerprint density at radius 3 is 1.09 bits per heavy atom. The second-order valence-corrected chi connectivity index (χ2v) is 17.1. The summed E-state index contributed by atoms with van der Waals surface area (Å²) in [4.78, 5) is 25.1. The van der Waals surface area contributed by atoms with E-state index in [1.807, 2.05) is 0 Å². The zero-order chi connectivity index (χ0) is 40.7. The highest BCUT2D eigenvalue weighted by molar-refractivity contribution is 5.70. The van der Waals surface area contributed by atoms with Crippen molar-refractivity contribution in [2.24, 2.45) is 0 Å². The number of esters is 2. The molecule has 5 nitrogen and oxygen atoms in total. The molecule has 332 valence electrons. The highest BCUT2D eigenvalue weighted by Gasteiger charge is 2.17. The Labute approximate surface area is 350 Å². The predicted octanol–water partition coefficient (Wildman–Crippen LogP) is 16.7. The van der Waals surface area contributed by atoms with Crippen LogP contribution < -0.4 is 0 Å². The van der Waals surface area contributed by atoms with E-state index in [-0.39, 0.29) is 18.5 Å². The minimum Gasteiger partial charge on any atom is -0.462 e. The summed E-state index contributed by atoms with van der Waals surface area (Å²) >= 11 is 0. The molecule has 0 spiro atoms. The number of hydrogen-bond donors (Lipinski definition) is 0. The van der Waals surface area contributed by atoms with E-state index < -0.39 is 6.10 Å². The van der Waals surface area contributed by atoms with Crippen molar-refractivity contribution >= 4 is 11.9 Å². The molecule has 0 aromatic heterocycles. The van der Waals surface area contributed by atoms with Crippen LogP contribution in [-0.2, 0) is 23.8 Å². The van der Waals surface area contributed by atoms with Crippen molar-refractivity contribution in [3.05, 3.63) is 12.2 Å². The predicted molar refractivity (Wildman–Crippen MR) is 242 cm³/mol. The molecular weight excluding hydrogens is 693 g/mol. The van der Waals surface area contributed by atoms with Crippen LogP contribution in [0.5, 0.6) is 0 Å². The minimum absolute atomic E-state index is 0.0902. The molecule has 0 aromatic carbocycles. The van der Waals surface area contributed by atoms with Crippen molar-refractivity contribution in [2.75, 3.05) is 19.8 Å². The van der Waals surface area contributed by atoms with Gasteiger partial charge in [0.2, 0.25) is 0 Å². The minimum atomic E-state index is -0.525. The lowest BCUT2D eigenvalue weighted by atomic mass is 10.0. The SMILES string of the molecule is CCCCCCCC/C=C\CCCCCCCCCC(=O)OCC(COCCCCCCCCCCCCCCCCCCCC)OC(=O)CCCCCCC. The van der Waals surface area contributed by atoms with Crippen LogP contribution >= 0.6 is 0 Å². The molecule has 1 atom stereocenters. The lowest BCUT2D eigenvalue weighted by Gasteiger charge is -2.18. The first-order valence-corrected chi connectivity index (χ1v) is 25.2. The van der Waals surface area contributed by atoms with Crippen LogP contribution in [0, 0.1) is 0 Å². The Balaban J connectivity index is 3.97.